The normalized spacial score (nSPS) is 13.3. The molecular weight excluding hydrogens is 949 g/mol. The standard InChI is InChI=1S/C71H110O6/c1-4-7-10-13-16-19-22-25-27-29-31-32-33-34-35-36-37-38-40-41-43-46-49-52-55-58-61-64-70(73)76-67-68(66-75-69(72)63-60-57-54-51-48-45-24-21-18-15-12-9-6-3)77-71(74)65-62-59-56-53-50-47-44-42-39-30-28-26-23-20-17-14-11-8-5-2/h7-8,10-11,16-17,19-21,24-28,31-32,34-35,37-39,41-43,47,50,56,59,68H,4-6,9,12-15,18,22-23,29-30,33,36,40,44-46,48-49,51-55,57-58,60-67H2,1-3H3/b10-7-,11-8-,19-16-,20-17-,24-21-,27-25-,28-26-,32-31-,35-34-,38-37-,42-39-,43-41-,50-47-,59-56-. The molecule has 0 aliphatic carbocycles. The van der Waals surface area contributed by atoms with Crippen molar-refractivity contribution in [2.45, 2.75) is 245 Å². The van der Waals surface area contributed by atoms with Crippen LogP contribution in [-0.4, -0.2) is 37.2 Å². The molecular formula is C71H110O6. The van der Waals surface area contributed by atoms with Crippen LogP contribution >= 0.6 is 0 Å². The van der Waals surface area contributed by atoms with Crippen LogP contribution in [0.5, 0.6) is 0 Å². The second-order valence-electron chi connectivity index (χ2n) is 19.5. The minimum atomic E-state index is -0.840. The van der Waals surface area contributed by atoms with E-state index in [2.05, 4.69) is 179 Å². The molecule has 0 saturated carbocycles. The van der Waals surface area contributed by atoms with Crippen LogP contribution in [0, 0.1) is 0 Å². The molecule has 0 fully saturated rings. The molecule has 0 saturated heterocycles. The van der Waals surface area contributed by atoms with Gasteiger partial charge in [0.05, 0.1) is 0 Å². The lowest BCUT2D eigenvalue weighted by atomic mass is 10.1. The Kier molecular flexibility index (Phi) is 59.0. The van der Waals surface area contributed by atoms with Crippen LogP contribution < -0.4 is 0 Å². The summed E-state index contributed by atoms with van der Waals surface area (Å²) in [6.45, 7) is 6.29. The van der Waals surface area contributed by atoms with Gasteiger partial charge in [0, 0.05) is 19.3 Å². The van der Waals surface area contributed by atoms with Crippen LogP contribution in [0.15, 0.2) is 170 Å². The molecule has 0 heterocycles. The van der Waals surface area contributed by atoms with Crippen LogP contribution in [0.4, 0.5) is 0 Å². The Labute approximate surface area is 472 Å². The molecule has 0 amide bonds. The molecule has 77 heavy (non-hydrogen) atoms. The summed E-state index contributed by atoms with van der Waals surface area (Å²) in [6, 6.07) is 0. The molecule has 6 nitrogen and oxygen atoms in total. The highest BCUT2D eigenvalue weighted by Crippen LogP contribution is 2.12. The van der Waals surface area contributed by atoms with Crippen molar-refractivity contribution in [2.75, 3.05) is 13.2 Å². The second kappa shape index (κ2) is 63.3. The molecule has 0 aromatic carbocycles. The third-order valence-electron chi connectivity index (χ3n) is 12.2. The Balaban J connectivity index is 4.51. The van der Waals surface area contributed by atoms with Gasteiger partial charge < -0.3 is 14.2 Å². The Morgan fingerprint density at radius 1 is 0.273 bits per heavy atom. The molecule has 0 aromatic rings. The first-order chi connectivity index (χ1) is 38.0. The molecule has 430 valence electrons. The summed E-state index contributed by atoms with van der Waals surface area (Å²) in [5.41, 5.74) is 0. The number of esters is 3. The van der Waals surface area contributed by atoms with Crippen molar-refractivity contribution in [3.8, 4) is 0 Å². The number of hydrogen-bond acceptors (Lipinski definition) is 6. The average molecular weight is 1060 g/mol. The summed E-state index contributed by atoms with van der Waals surface area (Å²) >= 11 is 0. The summed E-state index contributed by atoms with van der Waals surface area (Å²) in [5, 5.41) is 0. The van der Waals surface area contributed by atoms with Crippen molar-refractivity contribution >= 4 is 17.9 Å². The van der Waals surface area contributed by atoms with Crippen molar-refractivity contribution in [3.05, 3.63) is 170 Å². The van der Waals surface area contributed by atoms with E-state index in [4.69, 9.17) is 14.2 Å². The van der Waals surface area contributed by atoms with Gasteiger partial charge in [-0.3, -0.25) is 14.4 Å². The number of hydrogen-bond donors (Lipinski definition) is 0. The van der Waals surface area contributed by atoms with Gasteiger partial charge in [0.2, 0.25) is 0 Å². The molecule has 0 spiro atoms. The molecule has 0 N–H and O–H groups in total. The minimum Gasteiger partial charge on any atom is -0.462 e. The van der Waals surface area contributed by atoms with Crippen molar-refractivity contribution in [1.29, 1.82) is 0 Å². The first-order valence-electron chi connectivity index (χ1n) is 30.6. The third kappa shape index (κ3) is 61.5. The molecule has 1 atom stereocenters. The van der Waals surface area contributed by atoms with E-state index in [1.54, 1.807) is 0 Å². The van der Waals surface area contributed by atoms with E-state index >= 15 is 0 Å². The van der Waals surface area contributed by atoms with Crippen LogP contribution in [0.25, 0.3) is 0 Å². The molecule has 0 aliphatic heterocycles. The lowest BCUT2D eigenvalue weighted by Gasteiger charge is -2.18. The molecule has 6 heteroatoms. The summed E-state index contributed by atoms with van der Waals surface area (Å²) in [6.07, 6.45) is 93.6. The Hall–Kier alpha value is -5.23. The van der Waals surface area contributed by atoms with E-state index in [9.17, 15) is 14.4 Å². The SMILES string of the molecule is CC/C=C\C/C=C\C/C=C\C/C=C\C/C=C\C/C=C\C/C=C\CCCCCCCC(=O)OCC(COC(=O)CCCCCCC/C=C\CCCCCC)OC(=O)CC/C=C\C/C=C\C/C=C\C/C=C\C/C=C\C/C=C\CC. The lowest BCUT2D eigenvalue weighted by Crippen LogP contribution is -2.30. The van der Waals surface area contributed by atoms with Gasteiger partial charge in [-0.1, -0.05) is 249 Å². The zero-order valence-corrected chi connectivity index (χ0v) is 49.1. The fraction of sp³-hybridized carbons (Fsp3) is 0.563. The lowest BCUT2D eigenvalue weighted by molar-refractivity contribution is -0.166. The fourth-order valence-corrected chi connectivity index (χ4v) is 7.68. The minimum absolute atomic E-state index is 0.127. The number of allylic oxidation sites excluding steroid dienone is 28. The first kappa shape index (κ1) is 71.8. The van der Waals surface area contributed by atoms with E-state index in [-0.39, 0.29) is 31.6 Å². The smallest absolute Gasteiger partial charge is 0.306 e. The van der Waals surface area contributed by atoms with Crippen molar-refractivity contribution in [1.82, 2.24) is 0 Å². The monoisotopic (exact) mass is 1060 g/mol. The number of carbonyl (C=O) groups is 3. The maximum absolute atomic E-state index is 12.8. The number of rotatable bonds is 53. The van der Waals surface area contributed by atoms with Gasteiger partial charge in [-0.15, -0.1) is 0 Å². The summed E-state index contributed by atoms with van der Waals surface area (Å²) < 4.78 is 16.8. The molecule has 0 aromatic heterocycles. The maximum Gasteiger partial charge on any atom is 0.306 e. The van der Waals surface area contributed by atoms with Crippen LogP contribution in [0.3, 0.4) is 0 Å². The largest absolute Gasteiger partial charge is 0.462 e. The van der Waals surface area contributed by atoms with Crippen molar-refractivity contribution < 1.29 is 28.6 Å². The highest BCUT2D eigenvalue weighted by Gasteiger charge is 2.19. The molecule has 1 unspecified atom stereocenters. The van der Waals surface area contributed by atoms with Gasteiger partial charge in [0.1, 0.15) is 13.2 Å². The van der Waals surface area contributed by atoms with Crippen LogP contribution in [0.1, 0.15) is 239 Å². The van der Waals surface area contributed by atoms with Gasteiger partial charge in [-0.05, 0) is 141 Å². The zero-order valence-electron chi connectivity index (χ0n) is 49.1. The topological polar surface area (TPSA) is 78.9 Å². The average Bonchev–Trinajstić information content (AvgIpc) is 3.43. The van der Waals surface area contributed by atoms with E-state index in [0.717, 1.165) is 154 Å². The number of ether oxygens (including phenoxy) is 3. The first-order valence-corrected chi connectivity index (χ1v) is 30.6. The Morgan fingerprint density at radius 2 is 0.532 bits per heavy atom. The Bertz CT molecular complexity index is 1790. The van der Waals surface area contributed by atoms with Gasteiger partial charge in [-0.2, -0.15) is 0 Å². The maximum atomic E-state index is 12.8. The van der Waals surface area contributed by atoms with Gasteiger partial charge in [0.15, 0.2) is 6.10 Å². The van der Waals surface area contributed by atoms with Crippen LogP contribution in [-0.2, 0) is 28.6 Å². The fourth-order valence-electron chi connectivity index (χ4n) is 7.68. The summed E-state index contributed by atoms with van der Waals surface area (Å²) in [4.78, 5) is 38.2. The highest BCUT2D eigenvalue weighted by molar-refractivity contribution is 5.71. The summed E-state index contributed by atoms with van der Waals surface area (Å²) in [7, 11) is 0. The molecule has 0 bridgehead atoms. The predicted octanol–water partition coefficient (Wildman–Crippen LogP) is 21.1. The van der Waals surface area contributed by atoms with Crippen molar-refractivity contribution in [2.24, 2.45) is 0 Å². The van der Waals surface area contributed by atoms with E-state index < -0.39 is 12.1 Å². The number of carbonyl (C=O) groups excluding carboxylic acids is 3. The van der Waals surface area contributed by atoms with Crippen molar-refractivity contribution in [3.63, 3.8) is 0 Å². The molecule has 0 aliphatic rings. The zero-order chi connectivity index (χ0) is 55.7. The van der Waals surface area contributed by atoms with E-state index in [0.29, 0.717) is 19.3 Å². The number of unbranched alkanes of at least 4 members (excludes halogenated alkanes) is 14. The third-order valence-corrected chi connectivity index (χ3v) is 12.2. The quantitative estimate of drug-likeness (QED) is 0.0261. The van der Waals surface area contributed by atoms with Gasteiger partial charge >= 0.3 is 17.9 Å². The van der Waals surface area contributed by atoms with E-state index in [1.165, 1.54) is 38.5 Å². The van der Waals surface area contributed by atoms with Gasteiger partial charge in [0.25, 0.3) is 0 Å². The van der Waals surface area contributed by atoms with Crippen LogP contribution in [0.2, 0.25) is 0 Å². The predicted molar refractivity (Wildman–Crippen MR) is 334 cm³/mol. The van der Waals surface area contributed by atoms with E-state index in [1.807, 2.05) is 12.2 Å². The molecule has 0 rings (SSSR count). The highest BCUT2D eigenvalue weighted by atomic mass is 16.6. The summed E-state index contributed by atoms with van der Waals surface area (Å²) in [5.74, 6) is -1.05. The molecule has 0 radical (unpaired) electrons. The van der Waals surface area contributed by atoms with Gasteiger partial charge in [-0.25, -0.2) is 0 Å². The Morgan fingerprint density at radius 3 is 0.857 bits per heavy atom. The second-order valence-corrected chi connectivity index (χ2v) is 19.5.